The van der Waals surface area contributed by atoms with Crippen LogP contribution in [-0.2, 0) is 9.53 Å². The van der Waals surface area contributed by atoms with Crippen LogP contribution in [0.4, 0.5) is 0 Å². The van der Waals surface area contributed by atoms with Crippen molar-refractivity contribution in [1.29, 1.82) is 0 Å². The van der Waals surface area contributed by atoms with Crippen LogP contribution in [-0.4, -0.2) is 5.97 Å². The van der Waals surface area contributed by atoms with Crippen molar-refractivity contribution >= 4 is 5.97 Å². The molecule has 2 atom stereocenters. The largest absolute Gasteiger partial charge is 0.441 e. The number of cyclic esters (lactones) is 1. The van der Waals surface area contributed by atoms with Crippen LogP contribution in [0.3, 0.4) is 0 Å². The third kappa shape index (κ3) is 2.00. The fourth-order valence-corrected chi connectivity index (χ4v) is 2.11. The molecule has 2 aromatic carbocycles. The van der Waals surface area contributed by atoms with E-state index in [1.54, 1.807) is 0 Å². The lowest BCUT2D eigenvalue weighted by Gasteiger charge is -2.10. The summed E-state index contributed by atoms with van der Waals surface area (Å²) in [6.07, 6.45) is -0.357. The molecule has 90 valence electrons. The van der Waals surface area contributed by atoms with Crippen molar-refractivity contribution in [3.05, 3.63) is 71.8 Å². The van der Waals surface area contributed by atoms with Crippen molar-refractivity contribution in [3.63, 3.8) is 0 Å². The lowest BCUT2D eigenvalue weighted by molar-refractivity contribution is -0.142. The Morgan fingerprint density at radius 3 is 2.00 bits per heavy atom. The average Bonchev–Trinajstić information content (AvgIpc) is 2.83. The van der Waals surface area contributed by atoms with E-state index in [1.165, 1.54) is 0 Å². The number of carbonyl (C=O) groups is 1. The molecule has 3 nitrogen and oxygen atoms in total. The summed E-state index contributed by atoms with van der Waals surface area (Å²) >= 11 is 0. The van der Waals surface area contributed by atoms with Crippen LogP contribution < -0.4 is 5.32 Å². The zero-order chi connectivity index (χ0) is 12.4. The first kappa shape index (κ1) is 11.0. The summed E-state index contributed by atoms with van der Waals surface area (Å²) < 4.78 is 5.36. The predicted octanol–water partition coefficient (Wildman–Crippen LogP) is 2.57. The highest BCUT2D eigenvalue weighted by atomic mass is 16.6. The van der Waals surface area contributed by atoms with Gasteiger partial charge in [0.15, 0.2) is 6.23 Å². The van der Waals surface area contributed by atoms with Crippen LogP contribution in [0.1, 0.15) is 23.4 Å². The van der Waals surface area contributed by atoms with E-state index in [2.05, 4.69) is 5.32 Å². The minimum Gasteiger partial charge on any atom is -0.441 e. The van der Waals surface area contributed by atoms with E-state index in [-0.39, 0.29) is 18.2 Å². The van der Waals surface area contributed by atoms with Crippen molar-refractivity contribution in [3.8, 4) is 0 Å². The van der Waals surface area contributed by atoms with Crippen LogP contribution in [0.15, 0.2) is 60.7 Å². The topological polar surface area (TPSA) is 38.3 Å². The van der Waals surface area contributed by atoms with Gasteiger partial charge in [-0.25, -0.2) is 4.79 Å². The number of nitrogens with one attached hydrogen (secondary N) is 1. The van der Waals surface area contributed by atoms with Crippen molar-refractivity contribution < 1.29 is 9.53 Å². The Labute approximate surface area is 105 Å². The molecular formula is C15H13NO2. The highest BCUT2D eigenvalue weighted by molar-refractivity contribution is 5.79. The number of rotatable bonds is 2. The van der Waals surface area contributed by atoms with Crippen LogP contribution in [0.25, 0.3) is 0 Å². The highest BCUT2D eigenvalue weighted by Crippen LogP contribution is 2.29. The summed E-state index contributed by atoms with van der Waals surface area (Å²) in [5.41, 5.74) is 1.89. The molecule has 1 aliphatic heterocycles. The Morgan fingerprint density at radius 2 is 1.39 bits per heavy atom. The van der Waals surface area contributed by atoms with E-state index in [1.807, 2.05) is 60.7 Å². The van der Waals surface area contributed by atoms with E-state index >= 15 is 0 Å². The standard InChI is InChI=1S/C15H13NO2/c17-15-13(11-7-3-1-4-8-11)16-14(18-15)12-9-5-2-6-10-12/h1-10,13-14,16H. The van der Waals surface area contributed by atoms with Gasteiger partial charge in [-0.1, -0.05) is 60.7 Å². The number of ether oxygens (including phenoxy) is 1. The van der Waals surface area contributed by atoms with Crippen molar-refractivity contribution in [2.24, 2.45) is 0 Å². The van der Waals surface area contributed by atoms with Crippen LogP contribution in [0, 0.1) is 0 Å². The lowest BCUT2D eigenvalue weighted by atomic mass is 10.1. The average molecular weight is 239 g/mol. The summed E-state index contributed by atoms with van der Waals surface area (Å²) in [6.45, 7) is 0. The van der Waals surface area contributed by atoms with Gasteiger partial charge in [-0.2, -0.15) is 0 Å². The zero-order valence-electron chi connectivity index (χ0n) is 9.74. The highest BCUT2D eigenvalue weighted by Gasteiger charge is 2.35. The molecule has 0 amide bonds. The third-order valence-corrected chi connectivity index (χ3v) is 3.02. The monoisotopic (exact) mass is 239 g/mol. The predicted molar refractivity (Wildman–Crippen MR) is 67.6 cm³/mol. The van der Waals surface area contributed by atoms with Gasteiger partial charge in [0.1, 0.15) is 6.04 Å². The second-order valence-corrected chi connectivity index (χ2v) is 4.24. The Morgan fingerprint density at radius 1 is 0.833 bits per heavy atom. The Kier molecular flexibility index (Phi) is 2.82. The van der Waals surface area contributed by atoms with Crippen LogP contribution in [0.2, 0.25) is 0 Å². The zero-order valence-corrected chi connectivity index (χ0v) is 9.74. The first-order chi connectivity index (χ1) is 8.84. The Hall–Kier alpha value is -2.13. The maximum Gasteiger partial charge on any atom is 0.329 e. The summed E-state index contributed by atoms with van der Waals surface area (Å²) in [5, 5.41) is 3.20. The summed E-state index contributed by atoms with van der Waals surface area (Å²) in [5.74, 6) is -0.227. The maximum absolute atomic E-state index is 11.9. The molecule has 1 saturated heterocycles. The normalized spacial score (nSPS) is 22.8. The molecule has 0 aliphatic carbocycles. The molecule has 0 aromatic heterocycles. The SMILES string of the molecule is O=C1OC(c2ccccc2)NC1c1ccccc1. The molecule has 0 bridgehead atoms. The maximum atomic E-state index is 11.9. The van der Waals surface area contributed by atoms with E-state index in [9.17, 15) is 4.79 Å². The smallest absolute Gasteiger partial charge is 0.329 e. The molecule has 1 fully saturated rings. The molecule has 2 aromatic rings. The van der Waals surface area contributed by atoms with Crippen molar-refractivity contribution in [1.82, 2.24) is 5.32 Å². The fourth-order valence-electron chi connectivity index (χ4n) is 2.11. The summed E-state index contributed by atoms with van der Waals surface area (Å²) in [7, 11) is 0. The van der Waals surface area contributed by atoms with E-state index in [0.29, 0.717) is 0 Å². The molecule has 2 unspecified atom stereocenters. The van der Waals surface area contributed by atoms with Gasteiger partial charge in [0.25, 0.3) is 0 Å². The van der Waals surface area contributed by atoms with Crippen LogP contribution in [0.5, 0.6) is 0 Å². The first-order valence-corrected chi connectivity index (χ1v) is 5.91. The third-order valence-electron chi connectivity index (χ3n) is 3.02. The molecule has 1 N–H and O–H groups in total. The molecule has 0 saturated carbocycles. The lowest BCUT2D eigenvalue weighted by Crippen LogP contribution is -2.19. The molecule has 0 spiro atoms. The van der Waals surface area contributed by atoms with E-state index in [0.717, 1.165) is 11.1 Å². The second kappa shape index (κ2) is 4.63. The van der Waals surface area contributed by atoms with Gasteiger partial charge >= 0.3 is 5.97 Å². The number of hydrogen-bond donors (Lipinski definition) is 1. The molecular weight excluding hydrogens is 226 g/mol. The van der Waals surface area contributed by atoms with Crippen molar-refractivity contribution in [2.45, 2.75) is 12.3 Å². The van der Waals surface area contributed by atoms with Gasteiger partial charge in [-0.05, 0) is 5.56 Å². The van der Waals surface area contributed by atoms with E-state index < -0.39 is 0 Å². The molecule has 18 heavy (non-hydrogen) atoms. The number of benzene rings is 2. The van der Waals surface area contributed by atoms with Crippen LogP contribution >= 0.6 is 0 Å². The number of esters is 1. The first-order valence-electron chi connectivity index (χ1n) is 5.91. The summed E-state index contributed by atoms with van der Waals surface area (Å²) in [6, 6.07) is 18.9. The molecule has 0 radical (unpaired) electrons. The van der Waals surface area contributed by atoms with Gasteiger partial charge in [-0.15, -0.1) is 0 Å². The van der Waals surface area contributed by atoms with Crippen molar-refractivity contribution in [2.75, 3.05) is 0 Å². The Balaban J connectivity index is 1.83. The quantitative estimate of drug-likeness (QED) is 0.818. The fraction of sp³-hybridized carbons (Fsp3) is 0.133. The van der Waals surface area contributed by atoms with Gasteiger partial charge < -0.3 is 4.74 Å². The molecule has 3 rings (SSSR count). The van der Waals surface area contributed by atoms with Gasteiger partial charge in [0.2, 0.25) is 0 Å². The number of hydrogen-bond acceptors (Lipinski definition) is 3. The van der Waals surface area contributed by atoms with Gasteiger partial charge in [0, 0.05) is 5.56 Å². The van der Waals surface area contributed by atoms with Gasteiger partial charge in [-0.3, -0.25) is 5.32 Å². The minimum atomic E-state index is -0.378. The Bertz CT molecular complexity index is 539. The van der Waals surface area contributed by atoms with E-state index in [4.69, 9.17) is 4.74 Å². The summed E-state index contributed by atoms with van der Waals surface area (Å²) in [4.78, 5) is 11.9. The molecule has 1 heterocycles. The second-order valence-electron chi connectivity index (χ2n) is 4.24. The minimum absolute atomic E-state index is 0.227. The number of carbonyl (C=O) groups excluding carboxylic acids is 1. The molecule has 1 aliphatic rings. The molecule has 3 heteroatoms. The van der Waals surface area contributed by atoms with Gasteiger partial charge in [0.05, 0.1) is 0 Å².